The van der Waals surface area contributed by atoms with Crippen molar-refractivity contribution in [2.45, 2.75) is 49.3 Å². The lowest BCUT2D eigenvalue weighted by molar-refractivity contribution is -0.0593. The van der Waals surface area contributed by atoms with E-state index in [4.69, 9.17) is 19.9 Å². The van der Waals surface area contributed by atoms with E-state index in [1.54, 1.807) is 6.07 Å². The molecule has 36 heavy (non-hydrogen) atoms. The third kappa shape index (κ3) is 4.03. The van der Waals surface area contributed by atoms with Gasteiger partial charge in [0.15, 0.2) is 17.1 Å². The fourth-order valence-corrected chi connectivity index (χ4v) is 5.34. The number of nitrogens with two attached hydrogens (primary N) is 1. The first-order valence-electron chi connectivity index (χ1n) is 11.0. The molecular formula is C23H22F4N2O6S. The Balaban J connectivity index is 1.63. The van der Waals surface area contributed by atoms with Gasteiger partial charge in [0.25, 0.3) is 6.02 Å². The average Bonchev–Trinajstić information content (AvgIpc) is 3.15. The van der Waals surface area contributed by atoms with Crippen LogP contribution in [0.1, 0.15) is 49.3 Å². The zero-order valence-corrected chi connectivity index (χ0v) is 20.0. The fourth-order valence-electron chi connectivity index (χ4n) is 4.89. The van der Waals surface area contributed by atoms with Crippen molar-refractivity contribution in [1.82, 2.24) is 0 Å². The number of amidine groups is 1. The Labute approximate surface area is 204 Å². The third-order valence-electron chi connectivity index (χ3n) is 6.51. The van der Waals surface area contributed by atoms with Crippen LogP contribution in [0.4, 0.5) is 17.6 Å². The maximum Gasteiger partial charge on any atom is 0.534 e. The molecule has 1 fully saturated rings. The molecule has 13 heteroatoms. The van der Waals surface area contributed by atoms with Gasteiger partial charge < -0.3 is 24.1 Å². The molecule has 0 aliphatic carbocycles. The summed E-state index contributed by atoms with van der Waals surface area (Å²) in [7, 11) is -5.93. The van der Waals surface area contributed by atoms with Crippen molar-refractivity contribution in [3.05, 3.63) is 52.8 Å². The van der Waals surface area contributed by atoms with Crippen molar-refractivity contribution in [3.63, 3.8) is 0 Å². The minimum Gasteiger partial charge on any atom is -0.462 e. The van der Waals surface area contributed by atoms with Crippen LogP contribution in [0, 0.1) is 5.82 Å². The van der Waals surface area contributed by atoms with E-state index in [0.29, 0.717) is 25.0 Å². The zero-order chi connectivity index (χ0) is 26.1. The van der Waals surface area contributed by atoms with Crippen LogP contribution >= 0.6 is 0 Å². The number of aliphatic imine (C=N–C) groups is 1. The Bertz CT molecular complexity index is 1380. The molecule has 0 aromatic heterocycles. The predicted molar refractivity (Wildman–Crippen MR) is 119 cm³/mol. The molecule has 3 aliphatic heterocycles. The topological polar surface area (TPSA) is 109 Å². The lowest BCUT2D eigenvalue weighted by atomic mass is 9.77. The Kier molecular flexibility index (Phi) is 5.45. The Morgan fingerprint density at radius 2 is 1.92 bits per heavy atom. The summed E-state index contributed by atoms with van der Waals surface area (Å²) in [5.41, 5.74) is -0.682. The van der Waals surface area contributed by atoms with E-state index in [1.165, 1.54) is 12.1 Å². The molecule has 0 bridgehead atoms. The minimum absolute atomic E-state index is 0.0396. The molecule has 3 heterocycles. The molecule has 0 unspecified atom stereocenters. The van der Waals surface area contributed by atoms with E-state index >= 15 is 4.39 Å². The Morgan fingerprint density at radius 3 is 2.56 bits per heavy atom. The molecule has 5 rings (SSSR count). The molecule has 2 atom stereocenters. The number of ether oxygens (including phenoxy) is 3. The number of benzene rings is 2. The van der Waals surface area contributed by atoms with Crippen LogP contribution in [-0.2, 0) is 25.1 Å². The summed E-state index contributed by atoms with van der Waals surface area (Å²) < 4.78 is 98.4. The highest BCUT2D eigenvalue weighted by molar-refractivity contribution is 7.88. The van der Waals surface area contributed by atoms with Crippen molar-refractivity contribution in [3.8, 4) is 17.2 Å². The number of nitrogens with zero attached hydrogens (tertiary/aromatic N) is 1. The second-order valence-corrected chi connectivity index (χ2v) is 11.1. The van der Waals surface area contributed by atoms with Gasteiger partial charge in [-0.1, -0.05) is 0 Å². The van der Waals surface area contributed by atoms with Gasteiger partial charge in [0.2, 0.25) is 0 Å². The van der Waals surface area contributed by atoms with E-state index in [2.05, 4.69) is 9.18 Å². The van der Waals surface area contributed by atoms with E-state index in [0.717, 1.165) is 12.1 Å². The summed E-state index contributed by atoms with van der Waals surface area (Å²) in [6.45, 7) is 4.17. The largest absolute Gasteiger partial charge is 0.534 e. The van der Waals surface area contributed by atoms with Crippen LogP contribution in [0.3, 0.4) is 0 Å². The third-order valence-corrected chi connectivity index (χ3v) is 7.49. The van der Waals surface area contributed by atoms with Gasteiger partial charge in [-0.15, -0.1) is 0 Å². The van der Waals surface area contributed by atoms with Gasteiger partial charge >= 0.3 is 15.6 Å². The summed E-state index contributed by atoms with van der Waals surface area (Å²) in [4.78, 5) is 4.38. The second kappa shape index (κ2) is 7.97. The first kappa shape index (κ1) is 24.6. The smallest absolute Gasteiger partial charge is 0.462 e. The van der Waals surface area contributed by atoms with Gasteiger partial charge in [0, 0.05) is 17.7 Å². The molecule has 2 N–H and O–H groups in total. The average molecular weight is 530 g/mol. The lowest BCUT2D eigenvalue weighted by Crippen LogP contribution is -2.34. The molecule has 8 nitrogen and oxygen atoms in total. The summed E-state index contributed by atoms with van der Waals surface area (Å²) in [6, 6.07) is 6.09. The zero-order valence-electron chi connectivity index (χ0n) is 19.2. The molecule has 1 saturated heterocycles. The number of rotatable bonds is 3. The van der Waals surface area contributed by atoms with Gasteiger partial charge in [0.1, 0.15) is 18.1 Å². The van der Waals surface area contributed by atoms with Crippen molar-refractivity contribution < 1.29 is 44.4 Å². The molecule has 3 aliphatic rings. The SMILES string of the molecule is CC1(C)C[C@@H](c2cc(F)c3c(c2)[C@]2(COC(N)=N2)c2cc(OS(=O)(=O)C(F)(F)F)ccc2O3)CCO1. The summed E-state index contributed by atoms with van der Waals surface area (Å²) in [5.74, 6) is -1.41. The normalized spacial score (nSPS) is 24.8. The van der Waals surface area contributed by atoms with Crippen LogP contribution < -0.4 is 14.7 Å². The van der Waals surface area contributed by atoms with Crippen LogP contribution in [-0.4, -0.2) is 38.8 Å². The molecule has 0 radical (unpaired) electrons. The number of hydrogen-bond acceptors (Lipinski definition) is 8. The van der Waals surface area contributed by atoms with E-state index in [9.17, 15) is 21.6 Å². The van der Waals surface area contributed by atoms with E-state index < -0.39 is 38.3 Å². The molecule has 194 valence electrons. The highest BCUT2D eigenvalue weighted by atomic mass is 32.2. The van der Waals surface area contributed by atoms with Crippen molar-refractivity contribution in [2.24, 2.45) is 10.7 Å². The lowest BCUT2D eigenvalue weighted by Gasteiger charge is -2.37. The van der Waals surface area contributed by atoms with Crippen LogP contribution in [0.15, 0.2) is 35.3 Å². The summed E-state index contributed by atoms with van der Waals surface area (Å²) in [5, 5.41) is 0. The molecule has 0 amide bonds. The van der Waals surface area contributed by atoms with Gasteiger partial charge in [-0.25, -0.2) is 9.38 Å². The summed E-state index contributed by atoms with van der Waals surface area (Å²) in [6.07, 6.45) is 1.28. The quantitative estimate of drug-likeness (QED) is 0.355. The molecule has 0 saturated carbocycles. The fraction of sp³-hybridized carbons (Fsp3) is 0.435. The van der Waals surface area contributed by atoms with Crippen molar-refractivity contribution >= 4 is 16.1 Å². The minimum atomic E-state index is -5.93. The molecular weight excluding hydrogens is 508 g/mol. The number of alkyl halides is 3. The monoisotopic (exact) mass is 530 g/mol. The highest BCUT2D eigenvalue weighted by Gasteiger charge is 2.51. The van der Waals surface area contributed by atoms with Gasteiger partial charge in [-0.3, -0.25) is 0 Å². The number of fused-ring (bicyclic) bond motifs is 4. The summed E-state index contributed by atoms with van der Waals surface area (Å²) >= 11 is 0. The number of hydrogen-bond donors (Lipinski definition) is 1. The molecule has 2 aromatic rings. The molecule has 1 spiro atoms. The predicted octanol–water partition coefficient (Wildman–Crippen LogP) is 4.42. The second-order valence-electron chi connectivity index (χ2n) is 9.52. The standard InChI is InChI=1S/C23H22F4N2O6S/c1-21(2)10-12(5-6-33-21)13-7-16-19(17(24)8-13)34-18-4-3-14(35-36(30,31)23(25,26)27)9-15(18)22(16)11-32-20(28)29-22/h3-4,7-9,12H,5-6,10-11H2,1-2H3,(H2,28,29)/t12-,22-/m0/s1. The molecule has 2 aromatic carbocycles. The van der Waals surface area contributed by atoms with Gasteiger partial charge in [-0.2, -0.15) is 21.6 Å². The van der Waals surface area contributed by atoms with Gasteiger partial charge in [0.05, 0.1) is 5.60 Å². The maximum absolute atomic E-state index is 15.4. The van der Waals surface area contributed by atoms with Gasteiger partial charge in [-0.05, 0) is 68.5 Å². The first-order valence-corrected chi connectivity index (χ1v) is 12.4. The van der Waals surface area contributed by atoms with Crippen LogP contribution in [0.2, 0.25) is 0 Å². The van der Waals surface area contributed by atoms with Crippen LogP contribution in [0.25, 0.3) is 0 Å². The highest BCUT2D eigenvalue weighted by Crippen LogP contribution is 2.53. The van der Waals surface area contributed by atoms with Crippen LogP contribution in [0.5, 0.6) is 17.2 Å². The number of halogens is 4. The van der Waals surface area contributed by atoms with E-state index in [-0.39, 0.29) is 41.2 Å². The Hall–Kier alpha value is -3.06. The van der Waals surface area contributed by atoms with E-state index in [1.807, 2.05) is 13.8 Å². The Morgan fingerprint density at radius 1 is 1.17 bits per heavy atom. The first-order chi connectivity index (χ1) is 16.7. The van der Waals surface area contributed by atoms with Crippen molar-refractivity contribution in [2.75, 3.05) is 13.2 Å². The van der Waals surface area contributed by atoms with Crippen molar-refractivity contribution in [1.29, 1.82) is 0 Å². The maximum atomic E-state index is 15.4.